The van der Waals surface area contributed by atoms with Crippen LogP contribution < -0.4 is 5.32 Å². The fraction of sp³-hybridized carbons (Fsp3) is 0.533. The van der Waals surface area contributed by atoms with E-state index in [9.17, 15) is 0 Å². The fourth-order valence-corrected chi connectivity index (χ4v) is 3.11. The molecule has 19 heavy (non-hydrogen) atoms. The van der Waals surface area contributed by atoms with E-state index < -0.39 is 0 Å². The number of hydrogen-bond acceptors (Lipinski definition) is 3. The van der Waals surface area contributed by atoms with E-state index in [0.717, 1.165) is 18.9 Å². The number of imidazole rings is 1. The highest BCUT2D eigenvalue weighted by Gasteiger charge is 2.16. The van der Waals surface area contributed by atoms with Crippen LogP contribution in [0, 0.1) is 0 Å². The van der Waals surface area contributed by atoms with Crippen LogP contribution in [0.2, 0.25) is 0 Å². The monoisotopic (exact) mass is 277 g/mol. The first kappa shape index (κ1) is 14.1. The summed E-state index contributed by atoms with van der Waals surface area (Å²) < 4.78 is 2.28. The van der Waals surface area contributed by atoms with Crippen LogP contribution in [0.3, 0.4) is 0 Å². The maximum Gasteiger partial charge on any atom is 0.203 e. The minimum atomic E-state index is 0.414. The average molecular weight is 277 g/mol. The van der Waals surface area contributed by atoms with Crippen LogP contribution in [0.1, 0.15) is 50.4 Å². The van der Waals surface area contributed by atoms with Gasteiger partial charge in [-0.05, 0) is 24.3 Å². The Morgan fingerprint density at radius 1 is 1.37 bits per heavy atom. The normalized spacial score (nSPS) is 12.5. The number of hydrogen-bond donors (Lipinski definition) is 1. The summed E-state index contributed by atoms with van der Waals surface area (Å²) in [5, 5.41) is 5.60. The molecule has 0 radical (unpaired) electrons. The molecule has 0 bridgehead atoms. The molecule has 2 aromatic heterocycles. The van der Waals surface area contributed by atoms with E-state index in [0.29, 0.717) is 6.04 Å². The van der Waals surface area contributed by atoms with Crippen LogP contribution in [-0.4, -0.2) is 16.1 Å². The van der Waals surface area contributed by atoms with Crippen molar-refractivity contribution in [1.29, 1.82) is 0 Å². The number of nitrogens with zero attached hydrogens (tertiary/aromatic N) is 2. The Labute approximate surface area is 119 Å². The molecule has 104 valence electrons. The van der Waals surface area contributed by atoms with Gasteiger partial charge in [-0.15, -0.1) is 11.3 Å². The second-order valence-electron chi connectivity index (χ2n) is 4.76. The molecule has 0 saturated heterocycles. The zero-order valence-electron chi connectivity index (χ0n) is 11.8. The van der Waals surface area contributed by atoms with Gasteiger partial charge < -0.3 is 9.88 Å². The van der Waals surface area contributed by atoms with Crippen LogP contribution in [0.25, 0.3) is 0 Å². The van der Waals surface area contributed by atoms with E-state index in [4.69, 9.17) is 0 Å². The van der Waals surface area contributed by atoms with Gasteiger partial charge in [0.1, 0.15) is 0 Å². The first-order chi connectivity index (χ1) is 9.36. The van der Waals surface area contributed by atoms with Crippen molar-refractivity contribution < 1.29 is 0 Å². The SMILES string of the molecule is CCCCNc1nccn1C(CCC)c1cccs1. The molecular formula is C15H23N3S. The van der Waals surface area contributed by atoms with Crippen LogP contribution in [0.15, 0.2) is 29.9 Å². The van der Waals surface area contributed by atoms with E-state index in [1.54, 1.807) is 0 Å². The molecule has 1 atom stereocenters. The van der Waals surface area contributed by atoms with E-state index in [-0.39, 0.29) is 0 Å². The van der Waals surface area contributed by atoms with Gasteiger partial charge in [-0.2, -0.15) is 0 Å². The molecule has 0 aliphatic heterocycles. The predicted molar refractivity (Wildman–Crippen MR) is 83.0 cm³/mol. The van der Waals surface area contributed by atoms with Crippen molar-refractivity contribution in [2.45, 2.75) is 45.6 Å². The zero-order valence-corrected chi connectivity index (χ0v) is 12.6. The Hall–Kier alpha value is -1.29. The maximum atomic E-state index is 4.46. The minimum Gasteiger partial charge on any atom is -0.356 e. The quantitative estimate of drug-likeness (QED) is 0.718. The van der Waals surface area contributed by atoms with Gasteiger partial charge in [0.25, 0.3) is 0 Å². The van der Waals surface area contributed by atoms with Crippen LogP contribution in [-0.2, 0) is 0 Å². The molecule has 2 heterocycles. The van der Waals surface area contributed by atoms with Gasteiger partial charge in [0.2, 0.25) is 5.95 Å². The topological polar surface area (TPSA) is 29.9 Å². The summed E-state index contributed by atoms with van der Waals surface area (Å²) in [5.74, 6) is 1.00. The van der Waals surface area contributed by atoms with Crippen LogP contribution in [0.4, 0.5) is 5.95 Å². The first-order valence-electron chi connectivity index (χ1n) is 7.17. The van der Waals surface area contributed by atoms with Gasteiger partial charge in [0, 0.05) is 23.8 Å². The average Bonchev–Trinajstić information content (AvgIpc) is 3.08. The predicted octanol–water partition coefficient (Wildman–Crippen LogP) is 4.55. The molecule has 0 fully saturated rings. The third kappa shape index (κ3) is 3.60. The second-order valence-corrected chi connectivity index (χ2v) is 5.74. The number of aromatic nitrogens is 2. The molecule has 0 amide bonds. The first-order valence-corrected chi connectivity index (χ1v) is 8.04. The van der Waals surface area contributed by atoms with Gasteiger partial charge in [0.05, 0.1) is 6.04 Å². The number of rotatable bonds is 8. The van der Waals surface area contributed by atoms with Crippen molar-refractivity contribution in [3.8, 4) is 0 Å². The lowest BCUT2D eigenvalue weighted by molar-refractivity contribution is 0.544. The summed E-state index contributed by atoms with van der Waals surface area (Å²) in [7, 11) is 0. The summed E-state index contributed by atoms with van der Waals surface area (Å²) in [5.41, 5.74) is 0. The molecule has 0 spiro atoms. The minimum absolute atomic E-state index is 0.414. The highest BCUT2D eigenvalue weighted by atomic mass is 32.1. The number of unbranched alkanes of at least 4 members (excludes halogenated alkanes) is 1. The van der Waals surface area contributed by atoms with Gasteiger partial charge in [-0.25, -0.2) is 4.98 Å². The summed E-state index contributed by atoms with van der Waals surface area (Å²) in [4.78, 5) is 5.87. The lowest BCUT2D eigenvalue weighted by atomic mass is 10.1. The zero-order chi connectivity index (χ0) is 13.5. The van der Waals surface area contributed by atoms with Crippen LogP contribution in [0.5, 0.6) is 0 Å². The molecular weight excluding hydrogens is 254 g/mol. The van der Waals surface area contributed by atoms with Crippen molar-refractivity contribution in [3.63, 3.8) is 0 Å². The van der Waals surface area contributed by atoms with Crippen molar-refractivity contribution in [1.82, 2.24) is 9.55 Å². The molecule has 4 heteroatoms. The van der Waals surface area contributed by atoms with E-state index >= 15 is 0 Å². The molecule has 0 saturated carbocycles. The number of nitrogens with one attached hydrogen (secondary N) is 1. The molecule has 0 aliphatic rings. The molecule has 3 nitrogen and oxygen atoms in total. The lowest BCUT2D eigenvalue weighted by Crippen LogP contribution is -2.14. The van der Waals surface area contributed by atoms with Gasteiger partial charge >= 0.3 is 0 Å². The van der Waals surface area contributed by atoms with Gasteiger partial charge in [-0.1, -0.05) is 32.8 Å². The molecule has 0 aromatic carbocycles. The molecule has 0 aliphatic carbocycles. The van der Waals surface area contributed by atoms with Crippen molar-refractivity contribution in [2.24, 2.45) is 0 Å². The molecule has 1 unspecified atom stereocenters. The Bertz CT molecular complexity index is 461. The largest absolute Gasteiger partial charge is 0.356 e. The van der Waals surface area contributed by atoms with E-state index in [2.05, 4.69) is 52.4 Å². The highest BCUT2D eigenvalue weighted by Crippen LogP contribution is 2.29. The highest BCUT2D eigenvalue weighted by molar-refractivity contribution is 7.10. The Kier molecular flexibility index (Phi) is 5.45. The third-order valence-corrected chi connectivity index (χ3v) is 4.23. The number of anilines is 1. The van der Waals surface area contributed by atoms with Crippen molar-refractivity contribution >= 4 is 17.3 Å². The van der Waals surface area contributed by atoms with E-state index in [1.807, 2.05) is 17.5 Å². The Morgan fingerprint density at radius 2 is 2.26 bits per heavy atom. The fourth-order valence-electron chi connectivity index (χ4n) is 2.25. The van der Waals surface area contributed by atoms with Crippen LogP contribution >= 0.6 is 11.3 Å². The Morgan fingerprint density at radius 3 is 2.95 bits per heavy atom. The second kappa shape index (κ2) is 7.34. The Balaban J connectivity index is 2.15. The number of thiophene rings is 1. The third-order valence-electron chi connectivity index (χ3n) is 3.25. The van der Waals surface area contributed by atoms with E-state index in [1.165, 1.54) is 24.1 Å². The molecule has 2 aromatic rings. The van der Waals surface area contributed by atoms with Gasteiger partial charge in [0.15, 0.2) is 0 Å². The molecule has 2 rings (SSSR count). The summed E-state index contributed by atoms with van der Waals surface area (Å²) in [6.45, 7) is 5.44. The standard InChI is InChI=1S/C15H23N3S/c1-3-5-9-16-15-17-10-11-18(15)13(7-4-2)14-8-6-12-19-14/h6,8,10-13H,3-5,7,9H2,1-2H3,(H,16,17). The lowest BCUT2D eigenvalue weighted by Gasteiger charge is -2.19. The summed E-state index contributed by atoms with van der Waals surface area (Å²) in [6, 6.07) is 4.77. The van der Waals surface area contributed by atoms with Crippen molar-refractivity contribution in [3.05, 3.63) is 34.8 Å². The summed E-state index contributed by atoms with van der Waals surface area (Å²) in [6.07, 6.45) is 8.70. The summed E-state index contributed by atoms with van der Waals surface area (Å²) >= 11 is 1.83. The smallest absolute Gasteiger partial charge is 0.203 e. The van der Waals surface area contributed by atoms with Gasteiger partial charge in [-0.3, -0.25) is 0 Å². The maximum absolute atomic E-state index is 4.46. The van der Waals surface area contributed by atoms with Crippen molar-refractivity contribution in [2.75, 3.05) is 11.9 Å². The molecule has 1 N–H and O–H groups in total.